The zero-order valence-electron chi connectivity index (χ0n) is 7.86. The number of rotatable bonds is 4. The first-order valence-electron chi connectivity index (χ1n) is 4.21. The zero-order chi connectivity index (χ0) is 10.6. The van der Waals surface area contributed by atoms with Crippen molar-refractivity contribution in [2.45, 2.75) is 12.8 Å². The Morgan fingerprint density at radius 1 is 1.50 bits per heavy atom. The summed E-state index contributed by atoms with van der Waals surface area (Å²) in [4.78, 5) is 10.3. The predicted octanol–water partition coefficient (Wildman–Crippen LogP) is 1.42. The van der Waals surface area contributed by atoms with Crippen molar-refractivity contribution in [2.24, 2.45) is 0 Å². The molecule has 0 heterocycles. The minimum atomic E-state index is -0.875. The number of phenolic OH excluding ortho intramolecular Hbond substituents is 1. The Balaban J connectivity index is 2.73. The fourth-order valence-electron chi connectivity index (χ4n) is 1.12. The number of aliphatic carboxylic acids is 1. The average Bonchev–Trinajstić information content (AvgIpc) is 2.15. The summed E-state index contributed by atoms with van der Waals surface area (Å²) in [5.41, 5.74) is 0.619. The van der Waals surface area contributed by atoms with Gasteiger partial charge in [-0.15, -0.1) is 0 Å². The van der Waals surface area contributed by atoms with Gasteiger partial charge in [0.2, 0.25) is 0 Å². The van der Waals surface area contributed by atoms with E-state index < -0.39 is 5.97 Å². The molecule has 0 saturated heterocycles. The van der Waals surface area contributed by atoms with Gasteiger partial charge in [-0.2, -0.15) is 0 Å². The minimum Gasteiger partial charge on any atom is -0.508 e. The first-order valence-corrected chi connectivity index (χ1v) is 4.21. The van der Waals surface area contributed by atoms with Crippen molar-refractivity contribution in [3.8, 4) is 11.5 Å². The molecule has 2 N–H and O–H groups in total. The van der Waals surface area contributed by atoms with Crippen LogP contribution in [0.3, 0.4) is 0 Å². The monoisotopic (exact) mass is 196 g/mol. The fourth-order valence-corrected chi connectivity index (χ4v) is 1.12. The lowest BCUT2D eigenvalue weighted by molar-refractivity contribution is -0.136. The van der Waals surface area contributed by atoms with Crippen LogP contribution >= 0.6 is 0 Å². The predicted molar refractivity (Wildman–Crippen MR) is 50.6 cm³/mol. The van der Waals surface area contributed by atoms with E-state index >= 15 is 0 Å². The van der Waals surface area contributed by atoms with Crippen LogP contribution in [0, 0.1) is 0 Å². The second-order valence-corrected chi connectivity index (χ2v) is 2.89. The topological polar surface area (TPSA) is 66.8 Å². The van der Waals surface area contributed by atoms with Crippen molar-refractivity contribution >= 4 is 5.97 Å². The van der Waals surface area contributed by atoms with Crippen LogP contribution in [-0.2, 0) is 11.2 Å². The molecular weight excluding hydrogens is 184 g/mol. The molecule has 0 unspecified atom stereocenters. The molecule has 0 bridgehead atoms. The summed E-state index contributed by atoms with van der Waals surface area (Å²) in [6.45, 7) is 0. The van der Waals surface area contributed by atoms with Gasteiger partial charge in [0.05, 0.1) is 7.11 Å². The van der Waals surface area contributed by atoms with Crippen LogP contribution in [0.5, 0.6) is 11.5 Å². The van der Waals surface area contributed by atoms with E-state index in [4.69, 9.17) is 9.84 Å². The first-order chi connectivity index (χ1) is 6.63. The highest BCUT2D eigenvalue weighted by Crippen LogP contribution is 2.24. The summed E-state index contributed by atoms with van der Waals surface area (Å²) < 4.78 is 4.90. The van der Waals surface area contributed by atoms with Gasteiger partial charge in [0, 0.05) is 12.5 Å². The Labute approximate surface area is 81.8 Å². The third kappa shape index (κ3) is 2.65. The number of phenols is 1. The van der Waals surface area contributed by atoms with Crippen LogP contribution in [-0.4, -0.2) is 23.3 Å². The van der Waals surface area contributed by atoms with Gasteiger partial charge in [0.1, 0.15) is 11.5 Å². The summed E-state index contributed by atoms with van der Waals surface area (Å²) in [6.07, 6.45) is 0.338. The zero-order valence-corrected chi connectivity index (χ0v) is 7.86. The SMILES string of the molecule is COc1ccc(CCC(=O)O)c(O)c1. The Morgan fingerprint density at radius 2 is 2.21 bits per heavy atom. The summed E-state index contributed by atoms with van der Waals surface area (Å²) in [5.74, 6) is -0.243. The normalized spacial score (nSPS) is 9.79. The van der Waals surface area contributed by atoms with Gasteiger partial charge < -0.3 is 14.9 Å². The number of aromatic hydroxyl groups is 1. The molecule has 0 spiro atoms. The molecule has 0 aliphatic heterocycles. The molecule has 1 aromatic carbocycles. The van der Waals surface area contributed by atoms with Gasteiger partial charge >= 0.3 is 5.97 Å². The van der Waals surface area contributed by atoms with E-state index in [1.165, 1.54) is 13.2 Å². The second-order valence-electron chi connectivity index (χ2n) is 2.89. The minimum absolute atomic E-state index is 0.0138. The van der Waals surface area contributed by atoms with Crippen LogP contribution in [0.25, 0.3) is 0 Å². The molecule has 4 heteroatoms. The molecule has 0 fully saturated rings. The van der Waals surface area contributed by atoms with Crippen molar-refractivity contribution in [2.75, 3.05) is 7.11 Å². The maximum Gasteiger partial charge on any atom is 0.303 e. The van der Waals surface area contributed by atoms with Crippen molar-refractivity contribution < 1.29 is 19.7 Å². The van der Waals surface area contributed by atoms with Crippen molar-refractivity contribution in [1.82, 2.24) is 0 Å². The largest absolute Gasteiger partial charge is 0.508 e. The van der Waals surface area contributed by atoms with Crippen LogP contribution in [0.2, 0.25) is 0 Å². The van der Waals surface area contributed by atoms with Gasteiger partial charge in [-0.25, -0.2) is 0 Å². The van der Waals surface area contributed by atoms with Gasteiger partial charge in [-0.05, 0) is 18.1 Å². The van der Waals surface area contributed by atoms with E-state index in [0.29, 0.717) is 17.7 Å². The molecule has 0 aliphatic carbocycles. The molecule has 14 heavy (non-hydrogen) atoms. The Bertz CT molecular complexity index is 333. The molecule has 1 rings (SSSR count). The third-order valence-electron chi connectivity index (χ3n) is 1.90. The molecular formula is C10H12O4. The molecule has 0 aromatic heterocycles. The quantitative estimate of drug-likeness (QED) is 0.764. The van der Waals surface area contributed by atoms with Crippen molar-refractivity contribution in [3.05, 3.63) is 23.8 Å². The Kier molecular flexibility index (Phi) is 3.34. The van der Waals surface area contributed by atoms with E-state index in [-0.39, 0.29) is 12.2 Å². The molecule has 76 valence electrons. The number of hydrogen-bond donors (Lipinski definition) is 2. The number of ether oxygens (including phenoxy) is 1. The summed E-state index contributed by atoms with van der Waals surface area (Å²) in [7, 11) is 1.51. The highest BCUT2D eigenvalue weighted by atomic mass is 16.5. The molecule has 0 amide bonds. The second kappa shape index (κ2) is 4.50. The molecule has 0 aliphatic rings. The number of hydrogen-bond acceptors (Lipinski definition) is 3. The third-order valence-corrected chi connectivity index (χ3v) is 1.90. The van der Waals surface area contributed by atoms with Crippen LogP contribution in [0.1, 0.15) is 12.0 Å². The summed E-state index contributed by atoms with van der Waals surface area (Å²) in [6, 6.07) is 4.82. The van der Waals surface area contributed by atoms with Gasteiger partial charge in [-0.3, -0.25) is 4.79 Å². The smallest absolute Gasteiger partial charge is 0.303 e. The highest BCUT2D eigenvalue weighted by molar-refractivity contribution is 5.67. The van der Waals surface area contributed by atoms with E-state index in [1.54, 1.807) is 12.1 Å². The fraction of sp³-hybridized carbons (Fsp3) is 0.300. The van der Waals surface area contributed by atoms with Gasteiger partial charge in [0.15, 0.2) is 0 Å². The summed E-state index contributed by atoms with van der Waals surface area (Å²) in [5, 5.41) is 17.9. The number of carbonyl (C=O) groups is 1. The van der Waals surface area contributed by atoms with Gasteiger partial charge in [-0.1, -0.05) is 6.07 Å². The lowest BCUT2D eigenvalue weighted by Crippen LogP contribution is -1.97. The number of aryl methyl sites for hydroxylation is 1. The van der Waals surface area contributed by atoms with E-state index in [1.807, 2.05) is 0 Å². The van der Waals surface area contributed by atoms with E-state index in [0.717, 1.165) is 0 Å². The van der Waals surface area contributed by atoms with E-state index in [9.17, 15) is 9.90 Å². The first kappa shape index (κ1) is 10.4. The molecule has 0 atom stereocenters. The maximum absolute atomic E-state index is 10.3. The maximum atomic E-state index is 10.3. The lowest BCUT2D eigenvalue weighted by atomic mass is 10.1. The Hall–Kier alpha value is -1.71. The molecule has 1 aromatic rings. The van der Waals surface area contributed by atoms with Crippen LogP contribution in [0.15, 0.2) is 18.2 Å². The Morgan fingerprint density at radius 3 is 2.71 bits per heavy atom. The number of carboxylic acids is 1. The molecule has 4 nitrogen and oxygen atoms in total. The van der Waals surface area contributed by atoms with Crippen LogP contribution < -0.4 is 4.74 Å². The lowest BCUT2D eigenvalue weighted by Gasteiger charge is -2.05. The number of benzene rings is 1. The number of methoxy groups -OCH3 is 1. The van der Waals surface area contributed by atoms with Crippen LogP contribution in [0.4, 0.5) is 0 Å². The summed E-state index contributed by atoms with van der Waals surface area (Å²) >= 11 is 0. The molecule has 0 saturated carbocycles. The van der Waals surface area contributed by atoms with Crippen molar-refractivity contribution in [3.63, 3.8) is 0 Å². The number of carboxylic acid groups (broad SMARTS) is 1. The average molecular weight is 196 g/mol. The van der Waals surface area contributed by atoms with Gasteiger partial charge in [0.25, 0.3) is 0 Å². The standard InChI is InChI=1S/C10H12O4/c1-14-8-4-2-7(9(11)6-8)3-5-10(12)13/h2,4,6,11H,3,5H2,1H3,(H,12,13). The van der Waals surface area contributed by atoms with Crippen molar-refractivity contribution in [1.29, 1.82) is 0 Å². The molecule has 0 radical (unpaired) electrons. The highest BCUT2D eigenvalue weighted by Gasteiger charge is 2.05. The van der Waals surface area contributed by atoms with E-state index in [2.05, 4.69) is 0 Å².